The van der Waals surface area contributed by atoms with Crippen molar-refractivity contribution >= 4 is 18.5 Å². The van der Waals surface area contributed by atoms with E-state index in [0.29, 0.717) is 11.8 Å². The lowest BCUT2D eigenvalue weighted by Gasteiger charge is -2.44. The molecule has 0 aromatic rings. The fourth-order valence-electron chi connectivity index (χ4n) is 3.03. The van der Waals surface area contributed by atoms with Gasteiger partial charge in [0.25, 0.3) is 0 Å². The molecule has 2 nitrogen and oxygen atoms in total. The predicted octanol–water partition coefficient (Wildman–Crippen LogP) is 2.10. The van der Waals surface area contributed by atoms with E-state index in [1.807, 2.05) is 0 Å². The van der Waals surface area contributed by atoms with Gasteiger partial charge in [0.2, 0.25) is 5.91 Å². The molecule has 1 heterocycles. The van der Waals surface area contributed by atoms with Crippen LogP contribution in [0, 0.1) is 5.92 Å². The largest absolute Gasteiger partial charge is 0.339 e. The number of nitrogens with zero attached hydrogens (tertiary/aromatic N) is 1. The maximum atomic E-state index is 11.7. The fourth-order valence-corrected chi connectivity index (χ4v) is 3.21. The van der Waals surface area contributed by atoms with E-state index in [1.54, 1.807) is 0 Å². The van der Waals surface area contributed by atoms with Gasteiger partial charge in [-0.2, -0.15) is 12.6 Å². The van der Waals surface area contributed by atoms with Crippen molar-refractivity contribution in [2.45, 2.75) is 44.6 Å². The molecule has 2 rings (SSSR count). The summed E-state index contributed by atoms with van der Waals surface area (Å²) in [4.78, 5) is 13.8. The van der Waals surface area contributed by atoms with Crippen LogP contribution in [0.2, 0.25) is 0 Å². The Balaban J connectivity index is 2.04. The highest BCUT2D eigenvalue weighted by molar-refractivity contribution is 7.81. The molecule has 0 aromatic heterocycles. The Morgan fingerprint density at radius 1 is 1.21 bits per heavy atom. The van der Waals surface area contributed by atoms with Crippen LogP contribution >= 0.6 is 12.6 Å². The van der Waals surface area contributed by atoms with Crippen LogP contribution in [0.15, 0.2) is 0 Å². The van der Waals surface area contributed by atoms with Gasteiger partial charge in [0.15, 0.2) is 0 Å². The van der Waals surface area contributed by atoms with E-state index in [9.17, 15) is 4.79 Å². The Hall–Kier alpha value is -0.180. The van der Waals surface area contributed by atoms with Crippen LogP contribution in [0.25, 0.3) is 0 Å². The molecule has 0 radical (unpaired) electrons. The summed E-state index contributed by atoms with van der Waals surface area (Å²) >= 11 is 4.09. The van der Waals surface area contributed by atoms with Crippen LogP contribution in [0.4, 0.5) is 0 Å². The quantitative estimate of drug-likeness (QED) is 0.661. The van der Waals surface area contributed by atoms with E-state index >= 15 is 0 Å². The molecule has 0 bridgehead atoms. The predicted molar refractivity (Wildman–Crippen MR) is 60.5 cm³/mol. The number of rotatable bonds is 1. The van der Waals surface area contributed by atoms with Gasteiger partial charge in [0.05, 0.1) is 5.75 Å². The fraction of sp³-hybridized carbons (Fsp3) is 0.909. The maximum Gasteiger partial charge on any atom is 0.232 e. The molecule has 0 N–H and O–H groups in total. The molecule has 1 amide bonds. The normalized spacial score (nSPS) is 32.5. The second-order valence-electron chi connectivity index (χ2n) is 4.50. The summed E-state index contributed by atoms with van der Waals surface area (Å²) in [7, 11) is 0. The summed E-state index contributed by atoms with van der Waals surface area (Å²) in [6.45, 7) is 0.973. The van der Waals surface area contributed by atoms with Crippen LogP contribution in [0.5, 0.6) is 0 Å². The Morgan fingerprint density at radius 2 is 1.93 bits per heavy atom. The Kier molecular flexibility index (Phi) is 3.37. The van der Waals surface area contributed by atoms with Gasteiger partial charge in [-0.3, -0.25) is 4.79 Å². The molecule has 0 aromatic carbocycles. The third-order valence-corrected chi connectivity index (χ3v) is 3.97. The van der Waals surface area contributed by atoms with Gasteiger partial charge in [-0.15, -0.1) is 0 Å². The molecule has 1 aliphatic heterocycles. The first kappa shape index (κ1) is 10.3. The lowest BCUT2D eigenvalue weighted by Crippen LogP contribution is -2.50. The van der Waals surface area contributed by atoms with Gasteiger partial charge in [-0.05, 0) is 31.6 Å². The number of thiol groups is 1. The van der Waals surface area contributed by atoms with Gasteiger partial charge in [-0.25, -0.2) is 0 Å². The zero-order valence-corrected chi connectivity index (χ0v) is 9.51. The van der Waals surface area contributed by atoms with Gasteiger partial charge in [-0.1, -0.05) is 12.8 Å². The van der Waals surface area contributed by atoms with Crippen molar-refractivity contribution in [3.63, 3.8) is 0 Å². The van der Waals surface area contributed by atoms with Crippen molar-refractivity contribution in [3.8, 4) is 0 Å². The number of fused-ring (bicyclic) bond motifs is 1. The molecule has 2 aliphatic rings. The minimum atomic E-state index is 0.241. The number of likely N-dealkylation sites (tertiary alicyclic amines) is 1. The van der Waals surface area contributed by atoms with E-state index in [1.165, 1.54) is 38.5 Å². The monoisotopic (exact) mass is 213 g/mol. The van der Waals surface area contributed by atoms with Crippen LogP contribution in [0.1, 0.15) is 38.5 Å². The third-order valence-electron chi connectivity index (χ3n) is 3.70. The van der Waals surface area contributed by atoms with Crippen molar-refractivity contribution in [2.24, 2.45) is 5.92 Å². The van der Waals surface area contributed by atoms with E-state index in [-0.39, 0.29) is 5.91 Å². The summed E-state index contributed by atoms with van der Waals surface area (Å²) in [5, 5.41) is 0. The minimum Gasteiger partial charge on any atom is -0.339 e. The van der Waals surface area contributed by atoms with Crippen molar-refractivity contribution in [2.75, 3.05) is 12.3 Å². The zero-order chi connectivity index (χ0) is 9.97. The van der Waals surface area contributed by atoms with Gasteiger partial charge >= 0.3 is 0 Å². The van der Waals surface area contributed by atoms with Crippen molar-refractivity contribution in [1.29, 1.82) is 0 Å². The summed E-state index contributed by atoms with van der Waals surface area (Å²) < 4.78 is 0. The van der Waals surface area contributed by atoms with E-state index in [4.69, 9.17) is 0 Å². The highest BCUT2D eigenvalue weighted by Gasteiger charge is 2.34. The second kappa shape index (κ2) is 4.56. The van der Waals surface area contributed by atoms with Crippen LogP contribution in [0.3, 0.4) is 0 Å². The van der Waals surface area contributed by atoms with Crippen molar-refractivity contribution in [1.82, 2.24) is 4.90 Å². The molecular formula is C11H19NOS. The molecule has 0 spiro atoms. The van der Waals surface area contributed by atoms with Gasteiger partial charge in [0, 0.05) is 12.6 Å². The van der Waals surface area contributed by atoms with E-state index in [0.717, 1.165) is 12.5 Å². The SMILES string of the molecule is O=C(CS)N1CCC[C@@H]2CCCC[C@@H]21. The summed E-state index contributed by atoms with van der Waals surface area (Å²) in [5.74, 6) is 1.41. The molecule has 1 saturated heterocycles. The number of carbonyl (C=O) groups is 1. The lowest BCUT2D eigenvalue weighted by atomic mass is 9.78. The molecule has 0 unspecified atom stereocenters. The second-order valence-corrected chi connectivity index (χ2v) is 4.82. The number of hydrogen-bond acceptors (Lipinski definition) is 2. The molecule has 2 atom stereocenters. The van der Waals surface area contributed by atoms with Crippen LogP contribution in [-0.4, -0.2) is 29.1 Å². The maximum absolute atomic E-state index is 11.7. The Bertz CT molecular complexity index is 217. The highest BCUT2D eigenvalue weighted by atomic mass is 32.1. The Labute approximate surface area is 91.5 Å². The number of carbonyl (C=O) groups excluding carboxylic acids is 1. The smallest absolute Gasteiger partial charge is 0.232 e. The molecule has 14 heavy (non-hydrogen) atoms. The highest BCUT2D eigenvalue weighted by Crippen LogP contribution is 2.35. The number of piperidine rings is 1. The summed E-state index contributed by atoms with van der Waals surface area (Å²) in [5.41, 5.74) is 0. The first-order chi connectivity index (χ1) is 6.83. The third kappa shape index (κ3) is 1.92. The zero-order valence-electron chi connectivity index (χ0n) is 8.61. The van der Waals surface area contributed by atoms with Gasteiger partial charge < -0.3 is 4.90 Å². The number of hydrogen-bond donors (Lipinski definition) is 1. The van der Waals surface area contributed by atoms with Crippen LogP contribution < -0.4 is 0 Å². The average Bonchev–Trinajstić information content (AvgIpc) is 2.27. The molecule has 1 aliphatic carbocycles. The topological polar surface area (TPSA) is 20.3 Å². The van der Waals surface area contributed by atoms with Gasteiger partial charge in [0.1, 0.15) is 0 Å². The summed E-state index contributed by atoms with van der Waals surface area (Å²) in [6, 6.07) is 0.553. The first-order valence-electron chi connectivity index (χ1n) is 5.73. The minimum absolute atomic E-state index is 0.241. The van der Waals surface area contributed by atoms with E-state index in [2.05, 4.69) is 17.5 Å². The summed E-state index contributed by atoms with van der Waals surface area (Å²) in [6.07, 6.45) is 7.76. The lowest BCUT2D eigenvalue weighted by molar-refractivity contribution is -0.134. The standard InChI is InChI=1S/C11H19NOS/c13-11(8-14)12-7-3-5-9-4-1-2-6-10(9)12/h9-10,14H,1-8H2/t9-,10-/m0/s1. The molecule has 3 heteroatoms. The van der Waals surface area contributed by atoms with Crippen molar-refractivity contribution in [3.05, 3.63) is 0 Å². The average molecular weight is 213 g/mol. The first-order valence-corrected chi connectivity index (χ1v) is 6.36. The van der Waals surface area contributed by atoms with Crippen molar-refractivity contribution < 1.29 is 4.79 Å². The number of amides is 1. The molecular weight excluding hydrogens is 194 g/mol. The Morgan fingerprint density at radius 3 is 2.71 bits per heavy atom. The van der Waals surface area contributed by atoms with E-state index < -0.39 is 0 Å². The molecule has 1 saturated carbocycles. The van der Waals surface area contributed by atoms with Crippen LogP contribution in [-0.2, 0) is 4.79 Å². The molecule has 80 valence electrons. The molecule has 2 fully saturated rings.